The summed E-state index contributed by atoms with van der Waals surface area (Å²) in [5, 5.41) is 2.77. The van der Waals surface area contributed by atoms with Gasteiger partial charge in [0.15, 0.2) is 11.5 Å². The maximum Gasteiger partial charge on any atom is 0.311 e. The standard InChI is InChI=1S/C19H30N2O4/c1-6-8-12-21(11-7-2)19(23)18(22)20-14(3)15-9-10-16(24-4)17(13-15)25-5/h9-10,13-14H,6-8,11-12H2,1-5H3,(H,20,22). The predicted molar refractivity (Wildman–Crippen MR) is 97.9 cm³/mol. The van der Waals surface area contributed by atoms with Gasteiger partial charge < -0.3 is 19.7 Å². The smallest absolute Gasteiger partial charge is 0.311 e. The molecule has 0 radical (unpaired) electrons. The van der Waals surface area contributed by atoms with E-state index >= 15 is 0 Å². The number of nitrogens with zero attached hydrogens (tertiary/aromatic N) is 1. The highest BCUT2D eigenvalue weighted by Gasteiger charge is 2.23. The number of unbranched alkanes of at least 4 members (excludes halogenated alkanes) is 1. The molecule has 0 heterocycles. The molecule has 1 unspecified atom stereocenters. The average molecular weight is 350 g/mol. The van der Waals surface area contributed by atoms with Crippen molar-refractivity contribution in [2.75, 3.05) is 27.3 Å². The van der Waals surface area contributed by atoms with Crippen LogP contribution in [0.25, 0.3) is 0 Å². The molecular formula is C19H30N2O4. The van der Waals surface area contributed by atoms with Gasteiger partial charge in [-0.25, -0.2) is 0 Å². The van der Waals surface area contributed by atoms with Crippen LogP contribution in [0.5, 0.6) is 11.5 Å². The molecule has 6 heteroatoms. The lowest BCUT2D eigenvalue weighted by Gasteiger charge is -2.23. The van der Waals surface area contributed by atoms with Crippen molar-refractivity contribution in [2.45, 2.75) is 46.1 Å². The monoisotopic (exact) mass is 350 g/mol. The molecule has 0 fully saturated rings. The van der Waals surface area contributed by atoms with Crippen molar-refractivity contribution in [3.63, 3.8) is 0 Å². The SMILES string of the molecule is CCCCN(CCC)C(=O)C(=O)NC(C)c1ccc(OC)c(OC)c1. The van der Waals surface area contributed by atoms with Crippen molar-refractivity contribution in [1.29, 1.82) is 0 Å². The first kappa shape index (κ1) is 20.8. The van der Waals surface area contributed by atoms with Crippen LogP contribution in [0.2, 0.25) is 0 Å². The second kappa shape index (κ2) is 10.6. The molecule has 1 aromatic rings. The normalized spacial score (nSPS) is 11.6. The van der Waals surface area contributed by atoms with Crippen molar-refractivity contribution in [3.8, 4) is 11.5 Å². The second-order valence-corrected chi connectivity index (χ2v) is 5.96. The first-order valence-corrected chi connectivity index (χ1v) is 8.80. The van der Waals surface area contributed by atoms with Gasteiger partial charge in [0.25, 0.3) is 0 Å². The summed E-state index contributed by atoms with van der Waals surface area (Å²) in [6.45, 7) is 7.10. The van der Waals surface area contributed by atoms with E-state index in [1.54, 1.807) is 31.3 Å². The van der Waals surface area contributed by atoms with Crippen LogP contribution in [0.15, 0.2) is 18.2 Å². The number of hydrogen-bond donors (Lipinski definition) is 1. The third kappa shape index (κ3) is 5.96. The maximum absolute atomic E-state index is 12.4. The summed E-state index contributed by atoms with van der Waals surface area (Å²) in [4.78, 5) is 26.3. The molecule has 0 saturated heterocycles. The van der Waals surface area contributed by atoms with Crippen LogP contribution < -0.4 is 14.8 Å². The highest BCUT2D eigenvalue weighted by molar-refractivity contribution is 6.35. The molecule has 2 amide bonds. The lowest BCUT2D eigenvalue weighted by Crippen LogP contribution is -2.44. The fraction of sp³-hybridized carbons (Fsp3) is 0.579. The van der Waals surface area contributed by atoms with E-state index in [9.17, 15) is 9.59 Å². The zero-order valence-electron chi connectivity index (χ0n) is 15.9. The molecule has 0 aliphatic rings. The molecule has 0 spiro atoms. The Morgan fingerprint density at radius 1 is 1.08 bits per heavy atom. The Morgan fingerprint density at radius 3 is 2.32 bits per heavy atom. The summed E-state index contributed by atoms with van der Waals surface area (Å²) < 4.78 is 10.5. The van der Waals surface area contributed by atoms with Crippen molar-refractivity contribution in [1.82, 2.24) is 10.2 Å². The summed E-state index contributed by atoms with van der Waals surface area (Å²) >= 11 is 0. The molecule has 0 aliphatic heterocycles. The number of rotatable bonds is 9. The van der Waals surface area contributed by atoms with E-state index in [1.807, 2.05) is 19.9 Å². The predicted octanol–water partition coefficient (Wildman–Crippen LogP) is 2.92. The van der Waals surface area contributed by atoms with E-state index in [0.717, 1.165) is 24.8 Å². The number of hydrogen-bond acceptors (Lipinski definition) is 4. The number of amides is 2. The molecular weight excluding hydrogens is 320 g/mol. The lowest BCUT2D eigenvalue weighted by atomic mass is 10.1. The Morgan fingerprint density at radius 2 is 1.76 bits per heavy atom. The Bertz CT molecular complexity index is 575. The molecule has 0 aromatic heterocycles. The minimum atomic E-state index is -0.577. The van der Waals surface area contributed by atoms with Crippen LogP contribution >= 0.6 is 0 Å². The van der Waals surface area contributed by atoms with Crippen molar-refractivity contribution in [3.05, 3.63) is 23.8 Å². The molecule has 25 heavy (non-hydrogen) atoms. The van der Waals surface area contributed by atoms with E-state index in [4.69, 9.17) is 9.47 Å². The van der Waals surface area contributed by atoms with E-state index < -0.39 is 11.8 Å². The summed E-state index contributed by atoms with van der Waals surface area (Å²) in [6.07, 6.45) is 2.70. The van der Waals surface area contributed by atoms with Gasteiger partial charge in [0.1, 0.15) is 0 Å². The van der Waals surface area contributed by atoms with E-state index in [1.165, 1.54) is 0 Å². The largest absolute Gasteiger partial charge is 0.493 e. The molecule has 6 nitrogen and oxygen atoms in total. The summed E-state index contributed by atoms with van der Waals surface area (Å²) in [5.41, 5.74) is 0.842. The third-order valence-corrected chi connectivity index (χ3v) is 4.01. The highest BCUT2D eigenvalue weighted by Crippen LogP contribution is 2.29. The lowest BCUT2D eigenvalue weighted by molar-refractivity contribution is -0.146. The molecule has 0 bridgehead atoms. The van der Waals surface area contributed by atoms with E-state index in [-0.39, 0.29) is 6.04 Å². The maximum atomic E-state index is 12.4. The van der Waals surface area contributed by atoms with Crippen LogP contribution in [-0.2, 0) is 9.59 Å². The Balaban J connectivity index is 2.78. The van der Waals surface area contributed by atoms with Crippen LogP contribution in [0.1, 0.15) is 51.6 Å². The topological polar surface area (TPSA) is 67.9 Å². The van der Waals surface area contributed by atoms with Gasteiger partial charge in [0.2, 0.25) is 0 Å². The van der Waals surface area contributed by atoms with E-state index in [0.29, 0.717) is 24.6 Å². The van der Waals surface area contributed by atoms with Gasteiger partial charge in [-0.15, -0.1) is 0 Å². The third-order valence-electron chi connectivity index (χ3n) is 4.01. The molecule has 140 valence electrons. The number of ether oxygens (including phenoxy) is 2. The van der Waals surface area contributed by atoms with Crippen molar-refractivity contribution >= 4 is 11.8 Å². The highest BCUT2D eigenvalue weighted by atomic mass is 16.5. The van der Waals surface area contributed by atoms with Gasteiger partial charge in [-0.1, -0.05) is 26.3 Å². The zero-order chi connectivity index (χ0) is 18.8. The number of carbonyl (C=O) groups excluding carboxylic acids is 2. The van der Waals surface area contributed by atoms with Gasteiger partial charge in [-0.2, -0.15) is 0 Å². The van der Waals surface area contributed by atoms with Crippen LogP contribution in [0, 0.1) is 0 Å². The van der Waals surface area contributed by atoms with Gasteiger partial charge in [-0.05, 0) is 37.5 Å². The quantitative estimate of drug-likeness (QED) is 0.695. The van der Waals surface area contributed by atoms with Crippen LogP contribution in [0.4, 0.5) is 0 Å². The Hall–Kier alpha value is -2.24. The number of methoxy groups -OCH3 is 2. The molecule has 0 saturated carbocycles. The molecule has 0 aliphatic carbocycles. The first-order chi connectivity index (χ1) is 12.0. The van der Waals surface area contributed by atoms with Gasteiger partial charge in [-0.3, -0.25) is 9.59 Å². The number of carbonyl (C=O) groups is 2. The van der Waals surface area contributed by atoms with E-state index in [2.05, 4.69) is 12.2 Å². The first-order valence-electron chi connectivity index (χ1n) is 8.80. The summed E-state index contributed by atoms with van der Waals surface area (Å²) in [7, 11) is 3.13. The number of nitrogens with one attached hydrogen (secondary N) is 1. The minimum absolute atomic E-state index is 0.314. The average Bonchev–Trinajstić information content (AvgIpc) is 2.63. The van der Waals surface area contributed by atoms with Crippen molar-refractivity contribution < 1.29 is 19.1 Å². The zero-order valence-corrected chi connectivity index (χ0v) is 15.9. The Labute approximate surface area is 150 Å². The summed E-state index contributed by atoms with van der Waals surface area (Å²) in [5.74, 6) is 0.159. The number of benzene rings is 1. The Kier molecular flexibility index (Phi) is 8.81. The summed E-state index contributed by atoms with van der Waals surface area (Å²) in [6, 6.07) is 5.11. The van der Waals surface area contributed by atoms with Crippen molar-refractivity contribution in [2.24, 2.45) is 0 Å². The van der Waals surface area contributed by atoms with Gasteiger partial charge in [0.05, 0.1) is 20.3 Å². The fourth-order valence-corrected chi connectivity index (χ4v) is 2.54. The fourth-order valence-electron chi connectivity index (χ4n) is 2.54. The van der Waals surface area contributed by atoms with Gasteiger partial charge in [0, 0.05) is 13.1 Å². The van der Waals surface area contributed by atoms with Crippen LogP contribution in [-0.4, -0.2) is 44.0 Å². The molecule has 1 N–H and O–H groups in total. The second-order valence-electron chi connectivity index (χ2n) is 5.96. The minimum Gasteiger partial charge on any atom is -0.493 e. The molecule has 1 aromatic carbocycles. The molecule has 1 atom stereocenters. The van der Waals surface area contributed by atoms with Crippen LogP contribution in [0.3, 0.4) is 0 Å². The van der Waals surface area contributed by atoms with Gasteiger partial charge >= 0.3 is 11.8 Å². The molecule has 1 rings (SSSR count).